The van der Waals surface area contributed by atoms with E-state index in [1.165, 1.54) is 6.92 Å². The van der Waals surface area contributed by atoms with Gasteiger partial charge in [-0.25, -0.2) is 16.8 Å². The molecule has 0 aromatic heterocycles. The Kier molecular flexibility index (Phi) is 4.27. The topological polar surface area (TPSA) is 104 Å². The predicted octanol–water partition coefficient (Wildman–Crippen LogP) is -0.400. The molecule has 0 saturated heterocycles. The number of hydrogen-bond donors (Lipinski definition) is 1. The van der Waals surface area contributed by atoms with E-state index in [1.807, 2.05) is 0 Å². The van der Waals surface area contributed by atoms with Gasteiger partial charge in [0.1, 0.15) is 5.54 Å². The van der Waals surface area contributed by atoms with Crippen LogP contribution in [-0.4, -0.2) is 33.7 Å². The van der Waals surface area contributed by atoms with Gasteiger partial charge in [0.25, 0.3) is 0 Å². The van der Waals surface area contributed by atoms with Crippen molar-refractivity contribution in [3.63, 3.8) is 0 Å². The number of hydrogen-bond acceptors (Lipinski definition) is 5. The van der Waals surface area contributed by atoms with Gasteiger partial charge in [0.15, 0.2) is 14.9 Å². The zero-order valence-corrected chi connectivity index (χ0v) is 10.4. The van der Waals surface area contributed by atoms with E-state index >= 15 is 0 Å². The molecule has 0 aliphatic heterocycles. The van der Waals surface area contributed by atoms with Gasteiger partial charge in [-0.1, -0.05) is 6.92 Å². The summed E-state index contributed by atoms with van der Waals surface area (Å²) in [7, 11) is -7.61. The van der Waals surface area contributed by atoms with Crippen molar-refractivity contribution in [3.05, 3.63) is 0 Å². The fourth-order valence-corrected chi connectivity index (χ4v) is 4.20. The molecule has 0 saturated carbocycles. The third-order valence-corrected chi connectivity index (χ3v) is 5.42. The molecule has 0 heterocycles. The Morgan fingerprint density at radius 2 is 1.80 bits per heavy atom. The third kappa shape index (κ3) is 5.71. The summed E-state index contributed by atoms with van der Waals surface area (Å²) in [6.07, 6.45) is 1.08. The van der Waals surface area contributed by atoms with E-state index in [0.717, 1.165) is 6.26 Å². The Hall–Kier alpha value is -0.650. The second kappa shape index (κ2) is 4.47. The SMILES string of the molecule is CCC(C)(C#N)NS(=O)(=O)CS(C)(=O)=O. The van der Waals surface area contributed by atoms with Crippen molar-refractivity contribution < 1.29 is 16.8 Å². The number of sulfonamides is 1. The quantitative estimate of drug-likeness (QED) is 0.719. The van der Waals surface area contributed by atoms with Gasteiger partial charge < -0.3 is 0 Å². The molecule has 0 spiro atoms. The van der Waals surface area contributed by atoms with Crippen LogP contribution in [0.2, 0.25) is 0 Å². The minimum Gasteiger partial charge on any atom is -0.228 e. The van der Waals surface area contributed by atoms with Crippen LogP contribution in [0.15, 0.2) is 0 Å². The van der Waals surface area contributed by atoms with E-state index in [-0.39, 0.29) is 6.42 Å². The Balaban J connectivity index is 4.91. The van der Waals surface area contributed by atoms with Crippen LogP contribution in [0.5, 0.6) is 0 Å². The second-order valence-electron chi connectivity index (χ2n) is 3.56. The molecular weight excluding hydrogens is 240 g/mol. The molecule has 0 aromatic carbocycles. The maximum Gasteiger partial charge on any atom is 0.227 e. The monoisotopic (exact) mass is 254 g/mol. The third-order valence-electron chi connectivity index (χ3n) is 1.70. The molecule has 0 aromatic rings. The molecule has 0 amide bonds. The van der Waals surface area contributed by atoms with Crippen molar-refractivity contribution in [1.82, 2.24) is 4.72 Å². The average Bonchev–Trinajstić information content (AvgIpc) is 1.98. The standard InChI is InChI=1S/C7H14N2O4S2/c1-4-7(2,5-8)9-15(12,13)6-14(3,10)11/h9H,4,6H2,1-3H3. The van der Waals surface area contributed by atoms with Crippen molar-refractivity contribution in [3.8, 4) is 6.07 Å². The Labute approximate surface area is 90.3 Å². The van der Waals surface area contributed by atoms with E-state index in [9.17, 15) is 16.8 Å². The Morgan fingerprint density at radius 3 is 2.07 bits per heavy atom. The highest BCUT2D eigenvalue weighted by Crippen LogP contribution is 2.09. The minimum atomic E-state index is -3.98. The Morgan fingerprint density at radius 1 is 1.33 bits per heavy atom. The smallest absolute Gasteiger partial charge is 0.227 e. The van der Waals surface area contributed by atoms with Gasteiger partial charge in [0.2, 0.25) is 10.0 Å². The van der Waals surface area contributed by atoms with Gasteiger partial charge in [0, 0.05) is 6.26 Å². The molecule has 0 rings (SSSR count). The zero-order valence-electron chi connectivity index (χ0n) is 8.81. The van der Waals surface area contributed by atoms with Crippen molar-refractivity contribution in [1.29, 1.82) is 5.26 Å². The number of rotatable bonds is 5. The fourth-order valence-electron chi connectivity index (χ4n) is 0.829. The maximum absolute atomic E-state index is 11.3. The fraction of sp³-hybridized carbons (Fsp3) is 0.857. The molecule has 6 nitrogen and oxygen atoms in total. The minimum absolute atomic E-state index is 0.256. The summed E-state index contributed by atoms with van der Waals surface area (Å²) < 4.78 is 46.3. The van der Waals surface area contributed by atoms with Gasteiger partial charge in [-0.15, -0.1) is 0 Å². The highest BCUT2D eigenvalue weighted by molar-refractivity contribution is 8.06. The lowest BCUT2D eigenvalue weighted by Gasteiger charge is -2.20. The number of nitrogens with one attached hydrogen (secondary N) is 1. The van der Waals surface area contributed by atoms with E-state index in [2.05, 4.69) is 4.72 Å². The first-order valence-corrected chi connectivity index (χ1v) is 7.85. The molecule has 1 atom stereocenters. The molecule has 88 valence electrons. The van der Waals surface area contributed by atoms with Gasteiger partial charge in [-0.05, 0) is 13.3 Å². The summed E-state index contributed by atoms with van der Waals surface area (Å²) in [5.74, 6) is 0. The maximum atomic E-state index is 11.3. The van der Waals surface area contributed by atoms with Crippen molar-refractivity contribution in [2.45, 2.75) is 25.8 Å². The summed E-state index contributed by atoms with van der Waals surface area (Å²) in [6, 6.07) is 1.78. The lowest BCUT2D eigenvalue weighted by atomic mass is 10.0. The van der Waals surface area contributed by atoms with Crippen LogP contribution in [0.4, 0.5) is 0 Å². The molecule has 0 aliphatic rings. The lowest BCUT2D eigenvalue weighted by Crippen LogP contribution is -2.46. The molecule has 8 heteroatoms. The number of nitrogens with zero attached hydrogens (tertiary/aromatic N) is 1. The first-order valence-electron chi connectivity index (χ1n) is 4.14. The van der Waals surface area contributed by atoms with Crippen LogP contribution in [0.1, 0.15) is 20.3 Å². The van der Waals surface area contributed by atoms with Gasteiger partial charge in [0.05, 0.1) is 6.07 Å². The first-order chi connectivity index (χ1) is 6.54. The molecule has 0 aliphatic carbocycles. The van der Waals surface area contributed by atoms with E-state index in [4.69, 9.17) is 5.26 Å². The summed E-state index contributed by atoms with van der Waals surface area (Å²) in [6.45, 7) is 3.03. The second-order valence-corrected chi connectivity index (χ2v) is 7.79. The van der Waals surface area contributed by atoms with Crippen LogP contribution >= 0.6 is 0 Å². The number of nitriles is 1. The summed E-state index contributed by atoms with van der Waals surface area (Å²) in [5.41, 5.74) is -1.26. The van der Waals surface area contributed by atoms with Crippen molar-refractivity contribution >= 4 is 19.9 Å². The van der Waals surface area contributed by atoms with Crippen molar-refractivity contribution in [2.24, 2.45) is 0 Å². The van der Waals surface area contributed by atoms with E-state index in [1.54, 1.807) is 13.0 Å². The molecule has 15 heavy (non-hydrogen) atoms. The van der Waals surface area contributed by atoms with Crippen LogP contribution in [0.3, 0.4) is 0 Å². The van der Waals surface area contributed by atoms with Crippen molar-refractivity contribution in [2.75, 3.05) is 11.3 Å². The molecule has 0 radical (unpaired) electrons. The summed E-state index contributed by atoms with van der Waals surface area (Å²) >= 11 is 0. The molecular formula is C7H14N2O4S2. The van der Waals surface area contributed by atoms with Crippen LogP contribution in [0.25, 0.3) is 0 Å². The van der Waals surface area contributed by atoms with Gasteiger partial charge in [-0.3, -0.25) is 0 Å². The van der Waals surface area contributed by atoms with Crippen LogP contribution < -0.4 is 4.72 Å². The Bertz CT molecular complexity index is 460. The van der Waals surface area contributed by atoms with E-state index in [0.29, 0.717) is 0 Å². The van der Waals surface area contributed by atoms with E-state index < -0.39 is 30.5 Å². The zero-order chi connectivity index (χ0) is 12.3. The largest absolute Gasteiger partial charge is 0.228 e. The highest BCUT2D eigenvalue weighted by Gasteiger charge is 2.29. The molecule has 1 N–H and O–H groups in total. The highest BCUT2D eigenvalue weighted by atomic mass is 32.3. The molecule has 0 bridgehead atoms. The molecule has 1 unspecified atom stereocenters. The first kappa shape index (κ1) is 14.3. The van der Waals surface area contributed by atoms with Gasteiger partial charge >= 0.3 is 0 Å². The van der Waals surface area contributed by atoms with Crippen LogP contribution in [-0.2, 0) is 19.9 Å². The predicted molar refractivity (Wildman–Crippen MR) is 56.1 cm³/mol. The average molecular weight is 254 g/mol. The number of sulfone groups is 1. The van der Waals surface area contributed by atoms with Crippen LogP contribution in [0, 0.1) is 11.3 Å². The normalized spacial score (nSPS) is 16.7. The summed E-state index contributed by atoms with van der Waals surface area (Å²) in [4.78, 5) is 0. The summed E-state index contributed by atoms with van der Waals surface area (Å²) in [5, 5.41) is 7.72. The van der Waals surface area contributed by atoms with Gasteiger partial charge in [-0.2, -0.15) is 9.98 Å². The molecule has 0 fully saturated rings. The lowest BCUT2D eigenvalue weighted by molar-refractivity contribution is 0.497.